The van der Waals surface area contributed by atoms with E-state index in [0.29, 0.717) is 13.0 Å². The van der Waals surface area contributed by atoms with E-state index in [9.17, 15) is 4.79 Å². The van der Waals surface area contributed by atoms with E-state index in [1.165, 1.54) is 10.9 Å². The van der Waals surface area contributed by atoms with Gasteiger partial charge in [-0.1, -0.05) is 24.6 Å². The molecule has 0 aromatic carbocycles. The zero-order valence-electron chi connectivity index (χ0n) is 9.52. The predicted octanol–water partition coefficient (Wildman–Crippen LogP) is 2.76. The van der Waals surface area contributed by atoms with Gasteiger partial charge in [-0.15, -0.1) is 11.3 Å². The van der Waals surface area contributed by atoms with Gasteiger partial charge in [-0.25, -0.2) is 4.98 Å². The van der Waals surface area contributed by atoms with E-state index in [0.717, 1.165) is 12.2 Å². The summed E-state index contributed by atoms with van der Waals surface area (Å²) < 4.78 is 1.70. The van der Waals surface area contributed by atoms with Crippen molar-refractivity contribution in [1.82, 2.24) is 9.55 Å². The van der Waals surface area contributed by atoms with Gasteiger partial charge in [-0.05, 0) is 17.9 Å². The molecule has 0 radical (unpaired) electrons. The molecule has 2 aromatic heterocycles. The summed E-state index contributed by atoms with van der Waals surface area (Å²) in [7, 11) is 0. The largest absolute Gasteiger partial charge is 0.296 e. The van der Waals surface area contributed by atoms with E-state index in [4.69, 9.17) is 11.6 Å². The van der Waals surface area contributed by atoms with Crippen LogP contribution < -0.4 is 5.56 Å². The van der Waals surface area contributed by atoms with Crippen LogP contribution in [-0.4, -0.2) is 9.55 Å². The molecule has 0 aliphatic heterocycles. The van der Waals surface area contributed by atoms with E-state index in [1.54, 1.807) is 15.9 Å². The number of halogens is 1. The number of rotatable bonds is 4. The average molecular weight is 269 g/mol. The van der Waals surface area contributed by atoms with Crippen LogP contribution in [0.2, 0.25) is 5.15 Å². The molecule has 0 N–H and O–H groups in total. The van der Waals surface area contributed by atoms with Crippen LogP contribution in [0.25, 0.3) is 0 Å². The number of thiophene rings is 1. The van der Waals surface area contributed by atoms with Crippen LogP contribution in [0, 0.1) is 0 Å². The Balaban J connectivity index is 2.23. The van der Waals surface area contributed by atoms with Crippen LogP contribution in [0.15, 0.2) is 28.4 Å². The number of hydrogen-bond donors (Lipinski definition) is 0. The molecule has 2 heterocycles. The van der Waals surface area contributed by atoms with E-state index < -0.39 is 0 Å². The van der Waals surface area contributed by atoms with Gasteiger partial charge in [0.2, 0.25) is 0 Å². The van der Waals surface area contributed by atoms with Gasteiger partial charge >= 0.3 is 0 Å². The highest BCUT2D eigenvalue weighted by molar-refractivity contribution is 7.09. The molecule has 0 saturated heterocycles. The summed E-state index contributed by atoms with van der Waals surface area (Å²) in [5, 5.41) is 2.32. The standard InChI is InChI=1S/C12H13ClN2OS/c1-2-11-14-10(13)8-12(16)15(11)6-5-9-4-3-7-17-9/h3-4,7-8H,2,5-6H2,1H3. The van der Waals surface area contributed by atoms with Crippen molar-refractivity contribution in [3.63, 3.8) is 0 Å². The maximum Gasteiger partial charge on any atom is 0.254 e. The number of nitrogens with zero attached hydrogens (tertiary/aromatic N) is 2. The number of aryl methyl sites for hydroxylation is 2. The van der Waals surface area contributed by atoms with Gasteiger partial charge in [0.05, 0.1) is 0 Å². The van der Waals surface area contributed by atoms with Crippen LogP contribution in [0.4, 0.5) is 0 Å². The second kappa shape index (κ2) is 5.47. The molecule has 0 saturated carbocycles. The molecule has 0 spiro atoms. The van der Waals surface area contributed by atoms with Crippen molar-refractivity contribution in [1.29, 1.82) is 0 Å². The zero-order chi connectivity index (χ0) is 12.3. The van der Waals surface area contributed by atoms with Crippen molar-refractivity contribution < 1.29 is 0 Å². The molecule has 0 amide bonds. The first-order chi connectivity index (χ1) is 8.20. The lowest BCUT2D eigenvalue weighted by molar-refractivity contribution is 0.616. The van der Waals surface area contributed by atoms with Crippen LogP contribution in [0.3, 0.4) is 0 Å². The Morgan fingerprint density at radius 3 is 3.00 bits per heavy atom. The lowest BCUT2D eigenvalue weighted by Gasteiger charge is -2.09. The van der Waals surface area contributed by atoms with E-state index in [2.05, 4.69) is 11.1 Å². The molecular formula is C12H13ClN2OS. The summed E-state index contributed by atoms with van der Waals surface area (Å²) in [5.74, 6) is 0.749. The smallest absolute Gasteiger partial charge is 0.254 e. The van der Waals surface area contributed by atoms with Crippen molar-refractivity contribution in [2.45, 2.75) is 26.3 Å². The fourth-order valence-corrected chi connectivity index (χ4v) is 2.60. The van der Waals surface area contributed by atoms with Gasteiger partial charge in [0, 0.05) is 23.9 Å². The van der Waals surface area contributed by atoms with Crippen molar-refractivity contribution >= 4 is 22.9 Å². The molecule has 0 aliphatic carbocycles. The fraction of sp³-hybridized carbons (Fsp3) is 0.333. The SMILES string of the molecule is CCc1nc(Cl)cc(=O)n1CCc1cccs1. The van der Waals surface area contributed by atoms with Gasteiger partial charge in [-0.3, -0.25) is 9.36 Å². The zero-order valence-corrected chi connectivity index (χ0v) is 11.1. The Kier molecular flexibility index (Phi) is 3.97. The fourth-order valence-electron chi connectivity index (χ4n) is 1.71. The van der Waals surface area contributed by atoms with Crippen molar-refractivity contribution in [3.8, 4) is 0 Å². The Morgan fingerprint density at radius 1 is 1.53 bits per heavy atom. The first kappa shape index (κ1) is 12.3. The third-order valence-electron chi connectivity index (χ3n) is 2.53. The second-order valence-electron chi connectivity index (χ2n) is 3.67. The van der Waals surface area contributed by atoms with Gasteiger partial charge in [0.1, 0.15) is 11.0 Å². The molecule has 3 nitrogen and oxygen atoms in total. The highest BCUT2D eigenvalue weighted by Crippen LogP contribution is 2.11. The van der Waals surface area contributed by atoms with Gasteiger partial charge in [0.15, 0.2) is 0 Å². The minimum atomic E-state index is -0.0709. The van der Waals surface area contributed by atoms with Crippen molar-refractivity contribution in [2.24, 2.45) is 0 Å². The summed E-state index contributed by atoms with van der Waals surface area (Å²) in [6, 6.07) is 5.46. The quantitative estimate of drug-likeness (QED) is 0.799. The Morgan fingerprint density at radius 2 is 2.35 bits per heavy atom. The van der Waals surface area contributed by atoms with Crippen LogP contribution in [0.5, 0.6) is 0 Å². The van der Waals surface area contributed by atoms with E-state index >= 15 is 0 Å². The van der Waals surface area contributed by atoms with E-state index in [1.807, 2.05) is 18.4 Å². The van der Waals surface area contributed by atoms with Gasteiger partial charge in [0.25, 0.3) is 5.56 Å². The third kappa shape index (κ3) is 2.96. The van der Waals surface area contributed by atoms with Crippen molar-refractivity contribution in [3.05, 3.63) is 49.8 Å². The number of hydrogen-bond acceptors (Lipinski definition) is 3. The molecular weight excluding hydrogens is 256 g/mol. The maximum atomic E-state index is 11.8. The highest BCUT2D eigenvalue weighted by Gasteiger charge is 2.06. The normalized spacial score (nSPS) is 10.7. The summed E-state index contributed by atoms with van der Waals surface area (Å²) >= 11 is 7.48. The topological polar surface area (TPSA) is 34.9 Å². The first-order valence-electron chi connectivity index (χ1n) is 5.49. The molecule has 0 unspecified atom stereocenters. The highest BCUT2D eigenvalue weighted by atomic mass is 35.5. The molecule has 2 rings (SSSR count). The molecule has 17 heavy (non-hydrogen) atoms. The second-order valence-corrected chi connectivity index (χ2v) is 5.09. The van der Waals surface area contributed by atoms with Crippen LogP contribution >= 0.6 is 22.9 Å². The first-order valence-corrected chi connectivity index (χ1v) is 6.75. The Bertz CT molecular complexity index is 548. The summed E-state index contributed by atoms with van der Waals surface area (Å²) in [6.45, 7) is 2.63. The molecule has 0 atom stereocenters. The predicted molar refractivity (Wildman–Crippen MR) is 70.9 cm³/mol. The van der Waals surface area contributed by atoms with Gasteiger partial charge in [-0.2, -0.15) is 0 Å². The maximum absolute atomic E-state index is 11.8. The molecule has 5 heteroatoms. The lowest BCUT2D eigenvalue weighted by atomic mass is 10.3. The minimum Gasteiger partial charge on any atom is -0.296 e. The Hall–Kier alpha value is -1.13. The third-order valence-corrected chi connectivity index (χ3v) is 3.66. The molecule has 2 aromatic rings. The Labute approximate surface area is 109 Å². The lowest BCUT2D eigenvalue weighted by Crippen LogP contribution is -2.25. The number of aromatic nitrogens is 2. The van der Waals surface area contributed by atoms with Crippen LogP contribution in [-0.2, 0) is 19.4 Å². The minimum absolute atomic E-state index is 0.0709. The summed E-state index contributed by atoms with van der Waals surface area (Å²) in [5.41, 5.74) is -0.0709. The summed E-state index contributed by atoms with van der Waals surface area (Å²) in [4.78, 5) is 17.3. The van der Waals surface area contributed by atoms with Crippen molar-refractivity contribution in [2.75, 3.05) is 0 Å². The van der Waals surface area contributed by atoms with E-state index in [-0.39, 0.29) is 10.7 Å². The molecule has 90 valence electrons. The molecule has 0 fully saturated rings. The molecule has 0 aliphatic rings. The average Bonchev–Trinajstić information content (AvgIpc) is 2.79. The monoisotopic (exact) mass is 268 g/mol. The molecule has 0 bridgehead atoms. The van der Waals surface area contributed by atoms with Gasteiger partial charge < -0.3 is 0 Å². The summed E-state index contributed by atoms with van der Waals surface area (Å²) in [6.07, 6.45) is 1.56. The van der Waals surface area contributed by atoms with Crippen LogP contribution in [0.1, 0.15) is 17.6 Å².